The Morgan fingerprint density at radius 3 is 2.75 bits per heavy atom. The van der Waals surface area contributed by atoms with Crippen molar-refractivity contribution in [1.29, 1.82) is 0 Å². The Morgan fingerprint density at radius 2 is 2.00 bits per heavy atom. The average molecular weight is 380 g/mol. The van der Waals surface area contributed by atoms with Gasteiger partial charge in [-0.15, -0.1) is 0 Å². The quantitative estimate of drug-likeness (QED) is 0.821. The number of aryl methyl sites for hydroxylation is 2. The highest BCUT2D eigenvalue weighted by atomic mass is 16.5. The smallest absolute Gasteiger partial charge is 0.254 e. The number of hydrogen-bond donors (Lipinski definition) is 0. The van der Waals surface area contributed by atoms with Crippen LogP contribution in [0.5, 0.6) is 0 Å². The summed E-state index contributed by atoms with van der Waals surface area (Å²) in [5, 5.41) is 4.55. The minimum absolute atomic E-state index is 0.108. The van der Waals surface area contributed by atoms with Gasteiger partial charge < -0.3 is 9.64 Å². The maximum atomic E-state index is 13.2. The number of ether oxygens (including phenoxy) is 1. The van der Waals surface area contributed by atoms with E-state index >= 15 is 0 Å². The fraction of sp³-hybridized carbons (Fsp3) is 0.545. The van der Waals surface area contributed by atoms with Crippen LogP contribution in [0.3, 0.4) is 0 Å². The van der Waals surface area contributed by atoms with Gasteiger partial charge in [-0.1, -0.05) is 6.07 Å². The summed E-state index contributed by atoms with van der Waals surface area (Å²) in [4.78, 5) is 17.8. The third kappa shape index (κ3) is 3.25. The molecule has 1 aromatic carbocycles. The molecule has 2 atom stereocenters. The number of benzene rings is 1. The first-order chi connectivity index (χ1) is 13.6. The summed E-state index contributed by atoms with van der Waals surface area (Å²) >= 11 is 0. The summed E-state index contributed by atoms with van der Waals surface area (Å²) in [6, 6.07) is 10.8. The molecule has 0 radical (unpaired) electrons. The van der Waals surface area contributed by atoms with E-state index in [4.69, 9.17) is 4.74 Å². The standard InChI is InChI=1S/C22H28N4O2/c1-15-10-16(2)26(23-15)19-5-3-4-18(11-19)22(27)24-8-9-25-20(12-24)13-28-14-21(25)17-6-7-17/h3-5,10-11,17,20-21H,6-9,12-14H2,1-2H3/t20-,21-/m1/s1. The molecule has 6 heteroatoms. The molecule has 1 aromatic heterocycles. The molecule has 0 bridgehead atoms. The van der Waals surface area contributed by atoms with Gasteiger partial charge in [0.1, 0.15) is 0 Å². The van der Waals surface area contributed by atoms with Crippen LogP contribution in [0.2, 0.25) is 0 Å². The molecule has 3 fully saturated rings. The predicted molar refractivity (Wildman–Crippen MR) is 107 cm³/mol. The molecular weight excluding hydrogens is 352 g/mol. The SMILES string of the molecule is Cc1cc(C)n(-c2cccc(C(=O)N3CCN4[C@@H](COC[C@@H]4C4CC4)C3)c2)n1. The number of carbonyl (C=O) groups is 1. The van der Waals surface area contributed by atoms with E-state index in [-0.39, 0.29) is 5.91 Å². The molecule has 2 saturated heterocycles. The van der Waals surface area contributed by atoms with Crippen molar-refractivity contribution in [1.82, 2.24) is 19.6 Å². The van der Waals surface area contributed by atoms with Gasteiger partial charge in [-0.05, 0) is 56.9 Å². The van der Waals surface area contributed by atoms with Gasteiger partial charge in [-0.3, -0.25) is 9.69 Å². The van der Waals surface area contributed by atoms with Gasteiger partial charge in [0, 0.05) is 36.9 Å². The molecule has 0 unspecified atom stereocenters. The highest BCUT2D eigenvalue weighted by Crippen LogP contribution is 2.38. The average Bonchev–Trinajstić information content (AvgIpc) is 3.50. The molecule has 0 N–H and O–H groups in total. The molecule has 1 amide bonds. The molecule has 1 aliphatic carbocycles. The lowest BCUT2D eigenvalue weighted by Crippen LogP contribution is -2.63. The minimum Gasteiger partial charge on any atom is -0.378 e. The Labute approximate surface area is 166 Å². The second-order valence-corrected chi connectivity index (χ2v) is 8.47. The lowest BCUT2D eigenvalue weighted by Gasteiger charge is -2.48. The van der Waals surface area contributed by atoms with Crippen molar-refractivity contribution < 1.29 is 9.53 Å². The molecule has 3 heterocycles. The lowest BCUT2D eigenvalue weighted by molar-refractivity contribution is -0.0816. The van der Waals surface area contributed by atoms with Gasteiger partial charge in [0.15, 0.2) is 0 Å². The Kier molecular flexibility index (Phi) is 4.48. The molecule has 0 spiro atoms. The van der Waals surface area contributed by atoms with Crippen molar-refractivity contribution in [3.05, 3.63) is 47.3 Å². The number of piperazine rings is 1. The van der Waals surface area contributed by atoms with Crippen LogP contribution in [0.4, 0.5) is 0 Å². The van der Waals surface area contributed by atoms with E-state index in [2.05, 4.69) is 10.00 Å². The molecule has 5 rings (SSSR count). The predicted octanol–water partition coefficient (Wildman–Crippen LogP) is 2.42. The van der Waals surface area contributed by atoms with Crippen molar-refractivity contribution in [2.45, 2.75) is 38.8 Å². The van der Waals surface area contributed by atoms with Crippen LogP contribution in [0.1, 0.15) is 34.6 Å². The van der Waals surface area contributed by atoms with E-state index in [1.54, 1.807) is 0 Å². The maximum absolute atomic E-state index is 13.2. The van der Waals surface area contributed by atoms with Crippen LogP contribution in [0, 0.1) is 19.8 Å². The fourth-order valence-corrected chi connectivity index (χ4v) is 4.79. The van der Waals surface area contributed by atoms with Crippen LogP contribution < -0.4 is 0 Å². The zero-order chi connectivity index (χ0) is 19.3. The minimum atomic E-state index is 0.108. The number of amides is 1. The second-order valence-electron chi connectivity index (χ2n) is 8.47. The molecule has 28 heavy (non-hydrogen) atoms. The van der Waals surface area contributed by atoms with Gasteiger partial charge in [-0.2, -0.15) is 5.10 Å². The van der Waals surface area contributed by atoms with Crippen molar-refractivity contribution in [3.8, 4) is 5.69 Å². The van der Waals surface area contributed by atoms with E-state index in [1.807, 2.05) is 53.8 Å². The number of nitrogens with zero attached hydrogens (tertiary/aromatic N) is 4. The van der Waals surface area contributed by atoms with Crippen molar-refractivity contribution in [3.63, 3.8) is 0 Å². The summed E-state index contributed by atoms with van der Waals surface area (Å²) in [5.41, 5.74) is 3.72. The number of morpholine rings is 1. The van der Waals surface area contributed by atoms with Crippen LogP contribution in [-0.4, -0.2) is 70.4 Å². The Bertz CT molecular complexity index is 888. The summed E-state index contributed by atoms with van der Waals surface area (Å²) in [5.74, 6) is 0.916. The molecule has 6 nitrogen and oxygen atoms in total. The summed E-state index contributed by atoms with van der Waals surface area (Å²) in [6.45, 7) is 8.12. The maximum Gasteiger partial charge on any atom is 0.254 e. The van der Waals surface area contributed by atoms with Gasteiger partial charge >= 0.3 is 0 Å². The first-order valence-electron chi connectivity index (χ1n) is 10.4. The Morgan fingerprint density at radius 1 is 1.14 bits per heavy atom. The first-order valence-corrected chi connectivity index (χ1v) is 10.4. The monoisotopic (exact) mass is 380 g/mol. The largest absolute Gasteiger partial charge is 0.378 e. The number of hydrogen-bond acceptors (Lipinski definition) is 4. The summed E-state index contributed by atoms with van der Waals surface area (Å²) < 4.78 is 7.79. The van der Waals surface area contributed by atoms with Crippen molar-refractivity contribution in [2.24, 2.45) is 5.92 Å². The topological polar surface area (TPSA) is 50.6 Å². The Balaban J connectivity index is 1.33. The van der Waals surface area contributed by atoms with E-state index in [0.29, 0.717) is 12.1 Å². The highest BCUT2D eigenvalue weighted by molar-refractivity contribution is 5.94. The van der Waals surface area contributed by atoms with Gasteiger partial charge in [-0.25, -0.2) is 4.68 Å². The van der Waals surface area contributed by atoms with Crippen LogP contribution in [0.15, 0.2) is 30.3 Å². The zero-order valence-corrected chi connectivity index (χ0v) is 16.7. The summed E-state index contributed by atoms with van der Waals surface area (Å²) in [6.07, 6.45) is 2.66. The molecule has 1 saturated carbocycles. The zero-order valence-electron chi connectivity index (χ0n) is 16.7. The van der Waals surface area contributed by atoms with Crippen LogP contribution in [-0.2, 0) is 4.74 Å². The van der Waals surface area contributed by atoms with Crippen molar-refractivity contribution in [2.75, 3.05) is 32.8 Å². The number of rotatable bonds is 3. The van der Waals surface area contributed by atoms with E-state index in [0.717, 1.165) is 61.4 Å². The van der Waals surface area contributed by atoms with Crippen LogP contribution >= 0.6 is 0 Å². The highest BCUT2D eigenvalue weighted by Gasteiger charge is 2.43. The van der Waals surface area contributed by atoms with Gasteiger partial charge in [0.05, 0.1) is 30.6 Å². The molecule has 3 aliphatic rings. The number of aromatic nitrogens is 2. The molecular formula is C22H28N4O2. The summed E-state index contributed by atoms with van der Waals surface area (Å²) in [7, 11) is 0. The van der Waals surface area contributed by atoms with Crippen molar-refractivity contribution >= 4 is 5.91 Å². The van der Waals surface area contributed by atoms with E-state index in [9.17, 15) is 4.79 Å². The lowest BCUT2D eigenvalue weighted by atomic mass is 10.0. The first kappa shape index (κ1) is 17.9. The fourth-order valence-electron chi connectivity index (χ4n) is 4.79. The normalized spacial score (nSPS) is 25.6. The van der Waals surface area contributed by atoms with Crippen LogP contribution in [0.25, 0.3) is 5.69 Å². The van der Waals surface area contributed by atoms with E-state index < -0.39 is 0 Å². The van der Waals surface area contributed by atoms with Gasteiger partial charge in [0.25, 0.3) is 5.91 Å². The molecule has 2 aliphatic heterocycles. The molecule has 2 aromatic rings. The Hall–Kier alpha value is -2.18. The third-order valence-electron chi connectivity index (χ3n) is 6.35. The number of fused-ring (bicyclic) bond motifs is 1. The van der Waals surface area contributed by atoms with E-state index in [1.165, 1.54) is 12.8 Å². The second kappa shape index (κ2) is 7.01. The van der Waals surface area contributed by atoms with Gasteiger partial charge in [0.2, 0.25) is 0 Å². The third-order valence-corrected chi connectivity index (χ3v) is 6.35. The molecule has 148 valence electrons. The number of carbonyl (C=O) groups excluding carboxylic acids is 1.